The zero-order valence-corrected chi connectivity index (χ0v) is 17.0. The highest BCUT2D eigenvalue weighted by Crippen LogP contribution is 2.37. The third-order valence-electron chi connectivity index (χ3n) is 4.11. The Balaban J connectivity index is 2.09. The number of hydrazine groups is 1. The molecule has 3 rings (SSSR count). The van der Waals surface area contributed by atoms with Gasteiger partial charge in [-0.2, -0.15) is 0 Å². The van der Waals surface area contributed by atoms with E-state index in [-0.39, 0.29) is 21.4 Å². The van der Waals surface area contributed by atoms with E-state index in [2.05, 4.69) is 21.4 Å². The summed E-state index contributed by atoms with van der Waals surface area (Å²) in [5.41, 5.74) is 2.03. The number of benzene rings is 2. The average molecular weight is 476 g/mol. The number of nitrogens with zero attached hydrogens (tertiary/aromatic N) is 2. The summed E-state index contributed by atoms with van der Waals surface area (Å²) in [6, 6.07) is 10.9. The number of carboxylic acid groups (broad SMARTS) is 1. The van der Waals surface area contributed by atoms with Crippen LogP contribution in [0.2, 0.25) is 0 Å². The van der Waals surface area contributed by atoms with E-state index in [0.717, 1.165) is 17.2 Å². The minimum Gasteiger partial charge on any atom is -0.479 e. The highest BCUT2D eigenvalue weighted by atomic mass is 79.9. The lowest BCUT2D eigenvalue weighted by Crippen LogP contribution is -2.35. The highest BCUT2D eigenvalue weighted by Gasteiger charge is 2.35. The molecule has 11 heteroatoms. The first-order chi connectivity index (χ1) is 14.2. The summed E-state index contributed by atoms with van der Waals surface area (Å²) >= 11 is 3.14. The van der Waals surface area contributed by atoms with Crippen molar-refractivity contribution in [2.75, 3.05) is 5.01 Å². The van der Waals surface area contributed by atoms with E-state index in [1.165, 1.54) is 13.0 Å². The molecule has 2 amide bonds. The van der Waals surface area contributed by atoms with E-state index in [1.54, 1.807) is 30.3 Å². The predicted molar refractivity (Wildman–Crippen MR) is 109 cm³/mol. The Morgan fingerprint density at radius 3 is 2.57 bits per heavy atom. The summed E-state index contributed by atoms with van der Waals surface area (Å²) in [6.45, 7) is 1.20. The van der Waals surface area contributed by atoms with Gasteiger partial charge in [-0.05, 0) is 31.2 Å². The molecule has 0 spiro atoms. The number of carbonyl (C=O) groups is 3. The van der Waals surface area contributed by atoms with E-state index >= 15 is 0 Å². The van der Waals surface area contributed by atoms with E-state index in [9.17, 15) is 24.5 Å². The van der Waals surface area contributed by atoms with Gasteiger partial charge in [0.05, 0.1) is 10.6 Å². The van der Waals surface area contributed by atoms with Crippen LogP contribution in [0.4, 0.5) is 11.4 Å². The van der Waals surface area contributed by atoms with Gasteiger partial charge in [0.2, 0.25) is 5.75 Å². The van der Waals surface area contributed by atoms with Crippen molar-refractivity contribution in [3.8, 4) is 5.75 Å². The van der Waals surface area contributed by atoms with Gasteiger partial charge >= 0.3 is 11.7 Å². The number of carbonyl (C=O) groups excluding carboxylic acids is 2. The molecule has 0 aromatic heterocycles. The predicted octanol–water partition coefficient (Wildman–Crippen LogP) is 2.67. The van der Waals surface area contributed by atoms with Gasteiger partial charge in [-0.15, -0.1) is 0 Å². The molecule has 1 aliphatic heterocycles. The quantitative estimate of drug-likeness (QED) is 0.283. The van der Waals surface area contributed by atoms with E-state index in [0.29, 0.717) is 5.69 Å². The number of hydrogen-bond acceptors (Lipinski definition) is 6. The van der Waals surface area contributed by atoms with Crippen LogP contribution in [0.15, 0.2) is 52.5 Å². The number of aliphatic carboxylic acids is 1. The second kappa shape index (κ2) is 8.33. The number of ether oxygens (including phenoxy) is 1. The number of nitro benzene ring substituents is 1. The summed E-state index contributed by atoms with van der Waals surface area (Å²) in [5, 5.41) is 21.6. The van der Waals surface area contributed by atoms with Crippen molar-refractivity contribution >= 4 is 51.2 Å². The first-order valence-electron chi connectivity index (χ1n) is 8.48. The van der Waals surface area contributed by atoms with Crippen LogP contribution in [0.1, 0.15) is 12.5 Å². The number of carboxylic acids is 1. The van der Waals surface area contributed by atoms with Crippen LogP contribution < -0.4 is 15.2 Å². The first-order valence-corrected chi connectivity index (χ1v) is 9.28. The van der Waals surface area contributed by atoms with E-state index < -0.39 is 34.5 Å². The molecule has 0 unspecified atom stereocenters. The largest absolute Gasteiger partial charge is 0.479 e. The highest BCUT2D eigenvalue weighted by molar-refractivity contribution is 9.10. The minimum absolute atomic E-state index is 0.00223. The molecule has 10 nitrogen and oxygen atoms in total. The van der Waals surface area contributed by atoms with Crippen LogP contribution in [-0.4, -0.2) is 33.9 Å². The minimum atomic E-state index is -1.41. The smallest absolute Gasteiger partial charge is 0.344 e. The average Bonchev–Trinajstić information content (AvgIpc) is 2.98. The number of nitrogens with one attached hydrogen (secondary N) is 1. The van der Waals surface area contributed by atoms with Crippen molar-refractivity contribution in [2.24, 2.45) is 0 Å². The summed E-state index contributed by atoms with van der Waals surface area (Å²) in [5.74, 6) is -3.10. The van der Waals surface area contributed by atoms with Crippen LogP contribution in [0.5, 0.6) is 5.75 Å². The molecule has 1 aliphatic rings. The van der Waals surface area contributed by atoms with Crippen molar-refractivity contribution in [3.05, 3.63) is 68.2 Å². The number of nitro groups is 1. The monoisotopic (exact) mass is 475 g/mol. The molecule has 1 saturated heterocycles. The summed E-state index contributed by atoms with van der Waals surface area (Å²) < 4.78 is 5.56. The van der Waals surface area contributed by atoms with Crippen LogP contribution in [0, 0.1) is 10.1 Å². The maximum absolute atomic E-state index is 12.8. The fourth-order valence-electron chi connectivity index (χ4n) is 2.67. The van der Waals surface area contributed by atoms with Gasteiger partial charge in [-0.1, -0.05) is 34.1 Å². The number of rotatable bonds is 6. The van der Waals surface area contributed by atoms with Crippen molar-refractivity contribution in [1.29, 1.82) is 0 Å². The lowest BCUT2D eigenvalue weighted by atomic mass is 10.1. The lowest BCUT2D eigenvalue weighted by Gasteiger charge is -2.14. The molecule has 30 heavy (non-hydrogen) atoms. The number of halogens is 1. The van der Waals surface area contributed by atoms with Gasteiger partial charge in [-0.25, -0.2) is 9.80 Å². The molecular formula is C19H14BrN3O7. The molecule has 1 atom stereocenters. The maximum Gasteiger partial charge on any atom is 0.344 e. The van der Waals surface area contributed by atoms with Gasteiger partial charge in [0.15, 0.2) is 6.10 Å². The maximum atomic E-state index is 12.8. The first kappa shape index (κ1) is 21.0. The van der Waals surface area contributed by atoms with Crippen molar-refractivity contribution in [1.82, 2.24) is 5.43 Å². The Hall–Kier alpha value is -3.73. The third-order valence-corrected chi connectivity index (χ3v) is 4.57. The normalized spacial score (nSPS) is 15.8. The molecule has 2 aromatic rings. The van der Waals surface area contributed by atoms with Crippen LogP contribution in [0.25, 0.3) is 6.08 Å². The van der Waals surface area contributed by atoms with Crippen LogP contribution in [-0.2, 0) is 14.4 Å². The summed E-state index contributed by atoms with van der Waals surface area (Å²) in [4.78, 5) is 47.0. The molecular weight excluding hydrogens is 462 g/mol. The Bertz CT molecular complexity index is 1090. The zero-order valence-electron chi connectivity index (χ0n) is 15.4. The lowest BCUT2D eigenvalue weighted by molar-refractivity contribution is -0.386. The fourth-order valence-corrected chi connectivity index (χ4v) is 3.13. The molecule has 0 aliphatic carbocycles. The van der Waals surface area contributed by atoms with Crippen molar-refractivity contribution in [2.45, 2.75) is 13.0 Å². The van der Waals surface area contributed by atoms with Gasteiger partial charge in [0, 0.05) is 16.1 Å². The standard InChI is InChI=1S/C19H14BrN3O7/c1-10(19(26)27)30-16-11(7-12(20)9-15(16)23(28)29)8-14-17(24)21-22(18(14)25)13-5-3-2-4-6-13/h2-10H,1H3,(H,21,24)(H,26,27)/b14-8-/t10-/m0/s1. The molecule has 2 N–H and O–H groups in total. The van der Waals surface area contributed by atoms with E-state index in [4.69, 9.17) is 9.84 Å². The van der Waals surface area contributed by atoms with Gasteiger partial charge in [-0.3, -0.25) is 25.1 Å². The summed E-state index contributed by atoms with van der Waals surface area (Å²) in [7, 11) is 0. The second-order valence-corrected chi connectivity index (χ2v) is 7.09. The molecule has 1 heterocycles. The number of anilines is 1. The Morgan fingerprint density at radius 2 is 1.97 bits per heavy atom. The van der Waals surface area contributed by atoms with Gasteiger partial charge in [0.25, 0.3) is 11.8 Å². The Morgan fingerprint density at radius 1 is 1.30 bits per heavy atom. The van der Waals surface area contributed by atoms with Gasteiger partial charge < -0.3 is 9.84 Å². The zero-order chi connectivity index (χ0) is 22.0. The molecule has 2 aromatic carbocycles. The van der Waals surface area contributed by atoms with Gasteiger partial charge in [0.1, 0.15) is 5.57 Å². The number of para-hydroxylation sites is 1. The molecule has 1 fully saturated rings. The SMILES string of the molecule is C[C@H](Oc1c(/C=C2/C(=O)NN(c3ccccc3)C2=O)cc(Br)cc1[N+](=O)[O-])C(=O)O. The third kappa shape index (κ3) is 4.15. The number of hydrogen-bond donors (Lipinski definition) is 2. The molecule has 0 saturated carbocycles. The van der Waals surface area contributed by atoms with E-state index in [1.807, 2.05) is 0 Å². The second-order valence-electron chi connectivity index (χ2n) is 6.17. The summed E-state index contributed by atoms with van der Waals surface area (Å²) in [6.07, 6.45) is -0.279. The van der Waals surface area contributed by atoms with Crippen LogP contribution >= 0.6 is 15.9 Å². The fraction of sp³-hybridized carbons (Fsp3) is 0.105. The Kier molecular flexibility index (Phi) is 5.83. The molecule has 0 radical (unpaired) electrons. The van der Waals surface area contributed by atoms with Crippen molar-refractivity contribution < 1.29 is 29.2 Å². The topological polar surface area (TPSA) is 139 Å². The van der Waals surface area contributed by atoms with Crippen LogP contribution in [0.3, 0.4) is 0 Å². The van der Waals surface area contributed by atoms with Crippen molar-refractivity contribution in [3.63, 3.8) is 0 Å². The molecule has 0 bridgehead atoms. The number of amides is 2. The Labute approximate surface area is 178 Å². The molecule has 154 valence electrons.